The number of rotatable bonds is 3. The largest absolute Gasteiger partial charge is 0.497 e. The number of esters is 1. The Morgan fingerprint density at radius 2 is 1.83 bits per heavy atom. The van der Waals surface area contributed by atoms with E-state index < -0.39 is 17.4 Å². The lowest BCUT2D eigenvalue weighted by Crippen LogP contribution is -2.24. The van der Waals surface area contributed by atoms with Gasteiger partial charge in [-0.2, -0.15) is 0 Å². The average Bonchev–Trinajstić information content (AvgIpc) is 2.29. The normalized spacial score (nSPS) is 11.0. The molecule has 4 nitrogen and oxygen atoms in total. The zero-order valence-electron chi connectivity index (χ0n) is 11.2. The summed E-state index contributed by atoms with van der Waals surface area (Å²) in [5.41, 5.74) is -0.795. The summed E-state index contributed by atoms with van der Waals surface area (Å²) in [4.78, 5) is 11.4. The van der Waals surface area contributed by atoms with Crippen LogP contribution in [0.1, 0.15) is 31.1 Å². The summed E-state index contributed by atoms with van der Waals surface area (Å²) < 4.78 is 29.0. The van der Waals surface area contributed by atoms with Gasteiger partial charge in [0.2, 0.25) is 0 Å². The Labute approximate surface area is 106 Å². The first-order chi connectivity index (χ1) is 8.28. The highest BCUT2D eigenvalue weighted by atomic mass is 19.1. The van der Waals surface area contributed by atoms with E-state index >= 15 is 0 Å². The minimum absolute atomic E-state index is 0.0396. The molecule has 0 saturated heterocycles. The molecule has 18 heavy (non-hydrogen) atoms. The van der Waals surface area contributed by atoms with Gasteiger partial charge in [0.1, 0.15) is 16.9 Å². The summed E-state index contributed by atoms with van der Waals surface area (Å²) in [6.45, 7) is 5.34. The van der Waals surface area contributed by atoms with E-state index in [9.17, 15) is 9.18 Å². The van der Waals surface area contributed by atoms with Crippen LogP contribution in [0.25, 0.3) is 0 Å². The van der Waals surface area contributed by atoms with Crippen LogP contribution >= 0.6 is 0 Å². The second-order valence-electron chi connectivity index (χ2n) is 4.69. The predicted octanol–water partition coefficient (Wildman–Crippen LogP) is 2.80. The van der Waals surface area contributed by atoms with Crippen molar-refractivity contribution in [2.24, 2.45) is 0 Å². The third kappa shape index (κ3) is 3.35. The molecule has 0 N–H and O–H groups in total. The van der Waals surface area contributed by atoms with E-state index in [1.165, 1.54) is 26.4 Å². The minimum atomic E-state index is -0.773. The first-order valence-electron chi connectivity index (χ1n) is 5.43. The summed E-state index contributed by atoms with van der Waals surface area (Å²) in [7, 11) is 2.61. The number of ether oxygens (including phenoxy) is 3. The molecule has 1 aromatic carbocycles. The van der Waals surface area contributed by atoms with E-state index in [2.05, 4.69) is 4.74 Å². The number of hydrogen-bond acceptors (Lipinski definition) is 4. The van der Waals surface area contributed by atoms with E-state index in [0.717, 1.165) is 0 Å². The van der Waals surface area contributed by atoms with E-state index in [0.29, 0.717) is 5.75 Å². The van der Waals surface area contributed by atoms with Gasteiger partial charge in [-0.3, -0.25) is 0 Å². The number of halogens is 1. The van der Waals surface area contributed by atoms with Gasteiger partial charge >= 0.3 is 5.97 Å². The third-order valence-electron chi connectivity index (χ3n) is 2.07. The first kappa shape index (κ1) is 14.3. The number of carbonyl (C=O) groups is 1. The van der Waals surface area contributed by atoms with Crippen LogP contribution in [0, 0.1) is 5.82 Å². The topological polar surface area (TPSA) is 44.8 Å². The van der Waals surface area contributed by atoms with Crippen LogP contribution < -0.4 is 9.47 Å². The molecule has 0 amide bonds. The SMILES string of the molecule is COC(=O)c1cc(OC)cc(OC(C)(C)C)c1F. The van der Waals surface area contributed by atoms with Crippen LogP contribution in [0.2, 0.25) is 0 Å². The molecule has 0 radical (unpaired) electrons. The number of benzene rings is 1. The van der Waals surface area contributed by atoms with Gasteiger partial charge < -0.3 is 14.2 Å². The summed E-state index contributed by atoms with van der Waals surface area (Å²) >= 11 is 0. The maximum Gasteiger partial charge on any atom is 0.341 e. The Morgan fingerprint density at radius 3 is 2.28 bits per heavy atom. The highest BCUT2D eigenvalue weighted by molar-refractivity contribution is 5.90. The molecule has 0 fully saturated rings. The Kier molecular flexibility index (Phi) is 4.16. The van der Waals surface area contributed by atoms with Crippen LogP contribution in [0.3, 0.4) is 0 Å². The fourth-order valence-electron chi connectivity index (χ4n) is 1.35. The maximum atomic E-state index is 14.1. The summed E-state index contributed by atoms with van der Waals surface area (Å²) in [5, 5.41) is 0. The Hall–Kier alpha value is -1.78. The van der Waals surface area contributed by atoms with Gasteiger partial charge in [-0.25, -0.2) is 9.18 Å². The van der Waals surface area contributed by atoms with Crippen LogP contribution in [0.15, 0.2) is 12.1 Å². The number of hydrogen-bond donors (Lipinski definition) is 0. The van der Waals surface area contributed by atoms with Crippen molar-refractivity contribution in [2.45, 2.75) is 26.4 Å². The lowest BCUT2D eigenvalue weighted by molar-refractivity contribution is 0.0590. The van der Waals surface area contributed by atoms with Gasteiger partial charge in [0, 0.05) is 6.07 Å². The quantitative estimate of drug-likeness (QED) is 0.780. The zero-order valence-corrected chi connectivity index (χ0v) is 11.2. The molecule has 0 aliphatic heterocycles. The monoisotopic (exact) mass is 256 g/mol. The van der Waals surface area contributed by atoms with Gasteiger partial charge in [0.15, 0.2) is 11.6 Å². The molecule has 0 unspecified atom stereocenters. The molecule has 0 heterocycles. The van der Waals surface area contributed by atoms with Crippen molar-refractivity contribution in [2.75, 3.05) is 14.2 Å². The smallest absolute Gasteiger partial charge is 0.341 e. The van der Waals surface area contributed by atoms with Crippen molar-refractivity contribution in [1.29, 1.82) is 0 Å². The van der Waals surface area contributed by atoms with Gasteiger partial charge in [0.25, 0.3) is 0 Å². The highest BCUT2D eigenvalue weighted by Gasteiger charge is 2.22. The zero-order chi connectivity index (χ0) is 13.9. The third-order valence-corrected chi connectivity index (χ3v) is 2.07. The Morgan fingerprint density at radius 1 is 1.22 bits per heavy atom. The van der Waals surface area contributed by atoms with Crippen molar-refractivity contribution < 1.29 is 23.4 Å². The van der Waals surface area contributed by atoms with E-state index in [1.54, 1.807) is 20.8 Å². The fourth-order valence-corrected chi connectivity index (χ4v) is 1.35. The number of methoxy groups -OCH3 is 2. The summed E-state index contributed by atoms with van der Waals surface area (Å²) in [5.74, 6) is -1.24. The molecule has 100 valence electrons. The molecular weight excluding hydrogens is 239 g/mol. The Balaban J connectivity index is 3.29. The van der Waals surface area contributed by atoms with Gasteiger partial charge in [-0.15, -0.1) is 0 Å². The average molecular weight is 256 g/mol. The summed E-state index contributed by atoms with van der Waals surface area (Å²) in [6, 6.07) is 2.67. The molecule has 0 aromatic heterocycles. The first-order valence-corrected chi connectivity index (χ1v) is 5.43. The van der Waals surface area contributed by atoms with Crippen LogP contribution in [0.5, 0.6) is 11.5 Å². The molecule has 0 aliphatic rings. The minimum Gasteiger partial charge on any atom is -0.497 e. The fraction of sp³-hybridized carbons (Fsp3) is 0.462. The van der Waals surface area contributed by atoms with Crippen molar-refractivity contribution in [1.82, 2.24) is 0 Å². The Bertz CT molecular complexity index is 449. The maximum absolute atomic E-state index is 14.1. The van der Waals surface area contributed by atoms with Crippen LogP contribution in [0.4, 0.5) is 4.39 Å². The van der Waals surface area contributed by atoms with E-state index in [-0.39, 0.29) is 11.3 Å². The molecule has 0 atom stereocenters. The summed E-state index contributed by atoms with van der Waals surface area (Å²) in [6.07, 6.45) is 0. The van der Waals surface area contributed by atoms with Crippen molar-refractivity contribution in [3.63, 3.8) is 0 Å². The van der Waals surface area contributed by atoms with Crippen LogP contribution in [-0.2, 0) is 4.74 Å². The predicted molar refractivity (Wildman–Crippen MR) is 64.7 cm³/mol. The lowest BCUT2D eigenvalue weighted by Gasteiger charge is -2.22. The highest BCUT2D eigenvalue weighted by Crippen LogP contribution is 2.30. The molecule has 5 heteroatoms. The van der Waals surface area contributed by atoms with Crippen molar-refractivity contribution >= 4 is 5.97 Å². The molecule has 0 aliphatic carbocycles. The van der Waals surface area contributed by atoms with Gasteiger partial charge in [-0.05, 0) is 26.8 Å². The van der Waals surface area contributed by atoms with E-state index in [1.807, 2.05) is 0 Å². The number of carbonyl (C=O) groups excluding carboxylic acids is 1. The molecule has 0 bridgehead atoms. The molecule has 0 saturated carbocycles. The standard InChI is InChI=1S/C13H17FO4/c1-13(2,3)18-10-7-8(16-4)6-9(11(10)14)12(15)17-5/h6-7H,1-5H3. The second-order valence-corrected chi connectivity index (χ2v) is 4.69. The molecular formula is C13H17FO4. The van der Waals surface area contributed by atoms with E-state index in [4.69, 9.17) is 9.47 Å². The van der Waals surface area contributed by atoms with Gasteiger partial charge in [-0.1, -0.05) is 0 Å². The lowest BCUT2D eigenvalue weighted by atomic mass is 10.1. The second kappa shape index (κ2) is 5.25. The molecule has 1 aromatic rings. The molecule has 1 rings (SSSR count). The van der Waals surface area contributed by atoms with Crippen LogP contribution in [-0.4, -0.2) is 25.8 Å². The van der Waals surface area contributed by atoms with Crippen molar-refractivity contribution in [3.05, 3.63) is 23.5 Å². The van der Waals surface area contributed by atoms with Gasteiger partial charge in [0.05, 0.1) is 14.2 Å². The van der Waals surface area contributed by atoms with Crippen molar-refractivity contribution in [3.8, 4) is 11.5 Å². The molecule has 0 spiro atoms.